The highest BCUT2D eigenvalue weighted by atomic mass is 127. The second-order valence-electron chi connectivity index (χ2n) is 4.30. The van der Waals surface area contributed by atoms with E-state index in [4.69, 9.17) is 9.47 Å². The number of rotatable bonds is 8. The van der Waals surface area contributed by atoms with Gasteiger partial charge in [-0.05, 0) is 46.2 Å². The van der Waals surface area contributed by atoms with Gasteiger partial charge in [0.1, 0.15) is 23.3 Å². The molecule has 0 atom stereocenters. The van der Waals surface area contributed by atoms with Crippen LogP contribution in [0.1, 0.15) is 27.0 Å². The van der Waals surface area contributed by atoms with E-state index in [0.29, 0.717) is 29.0 Å². The molecule has 1 aromatic carbocycles. The SMILES string of the molecule is COc1c(C)c(C)c(C(=O)O)c(OCCSI)c1CC=O. The maximum Gasteiger partial charge on any atom is 0.339 e. The number of ether oxygens (including phenoxy) is 2. The van der Waals surface area contributed by atoms with Gasteiger partial charge in [-0.25, -0.2) is 4.79 Å². The smallest absolute Gasteiger partial charge is 0.339 e. The van der Waals surface area contributed by atoms with Crippen molar-refractivity contribution in [1.82, 2.24) is 0 Å². The number of carboxylic acid groups (broad SMARTS) is 1. The van der Waals surface area contributed by atoms with Crippen molar-refractivity contribution in [1.29, 1.82) is 0 Å². The van der Waals surface area contributed by atoms with Gasteiger partial charge in [0.25, 0.3) is 0 Å². The van der Waals surface area contributed by atoms with Crippen LogP contribution in [0.15, 0.2) is 0 Å². The predicted molar refractivity (Wildman–Crippen MR) is 91.2 cm³/mol. The fourth-order valence-corrected chi connectivity index (χ4v) is 2.83. The zero-order valence-electron chi connectivity index (χ0n) is 12.1. The van der Waals surface area contributed by atoms with E-state index in [1.807, 2.05) is 0 Å². The lowest BCUT2D eigenvalue weighted by Crippen LogP contribution is -2.13. The number of carbonyl (C=O) groups excluding carboxylic acids is 1. The third-order valence-corrected chi connectivity index (χ3v) is 4.81. The van der Waals surface area contributed by atoms with Gasteiger partial charge >= 0.3 is 5.97 Å². The summed E-state index contributed by atoms with van der Waals surface area (Å²) in [5, 5.41) is 9.47. The zero-order chi connectivity index (χ0) is 16.0. The number of carboxylic acids is 1. The number of carbonyl (C=O) groups is 2. The molecule has 5 nitrogen and oxygen atoms in total. The number of hydrogen-bond donors (Lipinski definition) is 1. The van der Waals surface area contributed by atoms with Gasteiger partial charge in [0.05, 0.1) is 13.7 Å². The van der Waals surface area contributed by atoms with Crippen molar-refractivity contribution in [2.24, 2.45) is 0 Å². The van der Waals surface area contributed by atoms with E-state index >= 15 is 0 Å². The quantitative estimate of drug-likeness (QED) is 0.393. The summed E-state index contributed by atoms with van der Waals surface area (Å²) in [5.41, 5.74) is 1.89. The summed E-state index contributed by atoms with van der Waals surface area (Å²) in [5.74, 6) is 0.402. The van der Waals surface area contributed by atoms with E-state index in [9.17, 15) is 14.7 Å². The molecule has 0 aliphatic carbocycles. The lowest BCUT2D eigenvalue weighted by atomic mass is 9.95. The zero-order valence-corrected chi connectivity index (χ0v) is 15.0. The normalized spacial score (nSPS) is 10.3. The van der Waals surface area contributed by atoms with Crippen LogP contribution in [0.5, 0.6) is 11.5 Å². The maximum absolute atomic E-state index is 11.6. The summed E-state index contributed by atoms with van der Waals surface area (Å²) >= 11 is 2.14. The van der Waals surface area contributed by atoms with Crippen molar-refractivity contribution in [3.63, 3.8) is 0 Å². The van der Waals surface area contributed by atoms with Gasteiger partial charge in [0, 0.05) is 17.7 Å². The van der Waals surface area contributed by atoms with Crippen molar-refractivity contribution in [3.05, 3.63) is 22.3 Å². The molecule has 0 aliphatic heterocycles. The van der Waals surface area contributed by atoms with Crippen LogP contribution in [0.4, 0.5) is 0 Å². The highest BCUT2D eigenvalue weighted by Crippen LogP contribution is 2.39. The summed E-state index contributed by atoms with van der Waals surface area (Å²) < 4.78 is 11.0. The Kier molecular flexibility index (Phi) is 7.30. The van der Waals surface area contributed by atoms with E-state index in [1.165, 1.54) is 7.11 Å². The lowest BCUT2D eigenvalue weighted by Gasteiger charge is -2.20. The molecule has 0 heterocycles. The first kappa shape index (κ1) is 18.1. The van der Waals surface area contributed by atoms with Crippen molar-refractivity contribution in [2.45, 2.75) is 20.3 Å². The molecule has 0 aromatic heterocycles. The molecule has 21 heavy (non-hydrogen) atoms. The minimum Gasteiger partial charge on any atom is -0.496 e. The Morgan fingerprint density at radius 1 is 1.33 bits per heavy atom. The van der Waals surface area contributed by atoms with Crippen LogP contribution in [-0.4, -0.2) is 36.8 Å². The van der Waals surface area contributed by atoms with Gasteiger partial charge in [-0.1, -0.05) is 8.93 Å². The average Bonchev–Trinajstić information content (AvgIpc) is 2.44. The van der Waals surface area contributed by atoms with Crippen LogP contribution >= 0.6 is 30.1 Å². The first-order chi connectivity index (χ1) is 9.99. The van der Waals surface area contributed by atoms with Crippen LogP contribution in [0, 0.1) is 13.8 Å². The molecular weight excluding hydrogens is 407 g/mol. The molecular formula is C14H17IO5S. The first-order valence-corrected chi connectivity index (χ1v) is 9.75. The second kappa shape index (κ2) is 8.47. The molecule has 1 N–H and O–H groups in total. The van der Waals surface area contributed by atoms with Crippen molar-refractivity contribution in [3.8, 4) is 11.5 Å². The molecule has 0 saturated carbocycles. The molecule has 0 bridgehead atoms. The van der Waals surface area contributed by atoms with E-state index in [1.54, 1.807) is 22.8 Å². The molecule has 0 saturated heterocycles. The first-order valence-electron chi connectivity index (χ1n) is 6.22. The van der Waals surface area contributed by atoms with E-state index in [0.717, 1.165) is 12.0 Å². The molecule has 0 unspecified atom stereocenters. The Labute approximate surface area is 140 Å². The summed E-state index contributed by atoms with van der Waals surface area (Å²) in [6, 6.07) is 0. The molecule has 7 heteroatoms. The number of aldehydes is 1. The summed E-state index contributed by atoms with van der Waals surface area (Å²) in [6.45, 7) is 3.86. The second-order valence-corrected chi connectivity index (χ2v) is 6.80. The van der Waals surface area contributed by atoms with E-state index < -0.39 is 5.97 Å². The van der Waals surface area contributed by atoms with Gasteiger partial charge < -0.3 is 19.4 Å². The topological polar surface area (TPSA) is 72.8 Å². The molecule has 1 rings (SSSR count). The van der Waals surface area contributed by atoms with E-state index in [-0.39, 0.29) is 17.7 Å². The van der Waals surface area contributed by atoms with Crippen molar-refractivity contribution >= 4 is 42.4 Å². The number of hydrogen-bond acceptors (Lipinski definition) is 5. The van der Waals surface area contributed by atoms with Crippen LogP contribution in [-0.2, 0) is 11.2 Å². The molecule has 0 spiro atoms. The Hall–Kier alpha value is -0.960. The molecule has 1 aromatic rings. The molecule has 0 aliphatic rings. The van der Waals surface area contributed by atoms with Crippen molar-refractivity contribution in [2.75, 3.05) is 19.5 Å². The Bertz CT molecular complexity index is 545. The standard InChI is InChI=1S/C14H17IO5S/c1-8-9(2)12(19-3)10(4-5-16)13(11(8)14(17)18)20-6-7-21-15/h5H,4,6-7H2,1-3H3,(H,17,18). The fourth-order valence-electron chi connectivity index (χ4n) is 2.15. The number of methoxy groups -OCH3 is 1. The van der Waals surface area contributed by atoms with Crippen LogP contribution in [0.2, 0.25) is 0 Å². The Morgan fingerprint density at radius 2 is 2.00 bits per heavy atom. The summed E-state index contributed by atoms with van der Waals surface area (Å²) in [4.78, 5) is 22.5. The Balaban J connectivity index is 3.54. The predicted octanol–water partition coefficient (Wildman–Crippen LogP) is 3.21. The third kappa shape index (κ3) is 4.03. The minimum absolute atomic E-state index is 0.0529. The van der Waals surface area contributed by atoms with Gasteiger partial charge in [0.2, 0.25) is 0 Å². The average molecular weight is 424 g/mol. The van der Waals surface area contributed by atoms with Crippen LogP contribution in [0.3, 0.4) is 0 Å². The molecule has 0 fully saturated rings. The van der Waals surface area contributed by atoms with Crippen molar-refractivity contribution < 1.29 is 24.2 Å². The lowest BCUT2D eigenvalue weighted by molar-refractivity contribution is -0.107. The molecule has 0 radical (unpaired) electrons. The Morgan fingerprint density at radius 3 is 2.48 bits per heavy atom. The minimum atomic E-state index is -1.07. The monoisotopic (exact) mass is 424 g/mol. The molecule has 116 valence electrons. The largest absolute Gasteiger partial charge is 0.496 e. The summed E-state index contributed by atoms with van der Waals surface area (Å²) in [7, 11) is 3.07. The van der Waals surface area contributed by atoms with Crippen LogP contribution < -0.4 is 9.47 Å². The fraction of sp³-hybridized carbons (Fsp3) is 0.429. The van der Waals surface area contributed by atoms with Gasteiger partial charge in [-0.2, -0.15) is 0 Å². The molecule has 0 amide bonds. The van der Waals surface area contributed by atoms with E-state index in [2.05, 4.69) is 21.2 Å². The van der Waals surface area contributed by atoms with Gasteiger partial charge in [0.15, 0.2) is 0 Å². The number of halogens is 1. The van der Waals surface area contributed by atoms with Gasteiger partial charge in [-0.3, -0.25) is 0 Å². The third-order valence-electron chi connectivity index (χ3n) is 3.17. The summed E-state index contributed by atoms with van der Waals surface area (Å²) in [6.07, 6.45) is 0.773. The highest BCUT2D eigenvalue weighted by Gasteiger charge is 2.25. The number of aromatic carboxylic acids is 1. The highest BCUT2D eigenvalue weighted by molar-refractivity contribution is 14.2. The van der Waals surface area contributed by atoms with Gasteiger partial charge in [-0.15, -0.1) is 0 Å². The van der Waals surface area contributed by atoms with Crippen LogP contribution in [0.25, 0.3) is 0 Å². The maximum atomic E-state index is 11.6. The number of benzene rings is 1.